The number of aromatic nitrogens is 2. The number of benzene rings is 1. The molecule has 0 bridgehead atoms. The molecule has 114 valence electrons. The van der Waals surface area contributed by atoms with Gasteiger partial charge in [-0.15, -0.1) is 0 Å². The third-order valence-corrected chi connectivity index (χ3v) is 4.82. The van der Waals surface area contributed by atoms with Crippen molar-refractivity contribution in [3.8, 4) is 0 Å². The Morgan fingerprint density at radius 2 is 1.86 bits per heavy atom. The number of nitrogens with one attached hydrogen (secondary N) is 1. The van der Waals surface area contributed by atoms with Gasteiger partial charge in [-0.3, -0.25) is 4.68 Å². The maximum Gasteiger partial charge on any atom is 0.244 e. The molecular formula is C14H18ClN3O2S. The molecule has 0 radical (unpaired) electrons. The number of hydrogen-bond acceptors (Lipinski definition) is 3. The predicted octanol–water partition coefficient (Wildman–Crippen LogP) is 2.75. The standard InChI is InChI=1S/C14H18ClN3O2S/c1-10(2)14(11-4-6-12(15)7-5-11)17-21(19,20)13-8-16-18(3)9-13/h4-10,14,17H,1-3H3/t14-/m0/s1. The van der Waals surface area contributed by atoms with Gasteiger partial charge in [-0.1, -0.05) is 37.6 Å². The quantitative estimate of drug-likeness (QED) is 0.918. The lowest BCUT2D eigenvalue weighted by Crippen LogP contribution is -2.31. The Morgan fingerprint density at radius 3 is 2.33 bits per heavy atom. The summed E-state index contributed by atoms with van der Waals surface area (Å²) in [5.41, 5.74) is 0.877. The third-order valence-electron chi connectivity index (χ3n) is 3.17. The molecule has 0 amide bonds. The largest absolute Gasteiger partial charge is 0.274 e. The second kappa shape index (κ2) is 6.17. The normalized spacial score (nSPS) is 13.6. The van der Waals surface area contributed by atoms with Crippen molar-refractivity contribution in [2.24, 2.45) is 13.0 Å². The fourth-order valence-corrected chi connectivity index (χ4v) is 3.51. The average Bonchev–Trinajstić information content (AvgIpc) is 2.84. The summed E-state index contributed by atoms with van der Waals surface area (Å²) in [7, 11) is -1.93. The number of nitrogens with zero attached hydrogens (tertiary/aromatic N) is 2. The van der Waals surface area contributed by atoms with E-state index in [2.05, 4.69) is 9.82 Å². The van der Waals surface area contributed by atoms with Gasteiger partial charge < -0.3 is 0 Å². The zero-order valence-electron chi connectivity index (χ0n) is 12.1. The van der Waals surface area contributed by atoms with E-state index in [-0.39, 0.29) is 16.9 Å². The first kappa shape index (κ1) is 16.0. The fraction of sp³-hybridized carbons (Fsp3) is 0.357. The van der Waals surface area contributed by atoms with Crippen molar-refractivity contribution in [1.29, 1.82) is 0 Å². The van der Waals surface area contributed by atoms with Gasteiger partial charge in [0.25, 0.3) is 0 Å². The van der Waals surface area contributed by atoms with Gasteiger partial charge in [-0.25, -0.2) is 13.1 Å². The van der Waals surface area contributed by atoms with Gasteiger partial charge in [0.2, 0.25) is 10.0 Å². The zero-order chi connectivity index (χ0) is 15.6. The number of rotatable bonds is 5. The highest BCUT2D eigenvalue weighted by atomic mass is 35.5. The van der Waals surface area contributed by atoms with E-state index in [1.807, 2.05) is 26.0 Å². The van der Waals surface area contributed by atoms with Crippen molar-refractivity contribution in [3.63, 3.8) is 0 Å². The van der Waals surface area contributed by atoms with Gasteiger partial charge >= 0.3 is 0 Å². The number of halogens is 1. The summed E-state index contributed by atoms with van der Waals surface area (Å²) in [5.74, 6) is 0.0950. The summed E-state index contributed by atoms with van der Waals surface area (Å²) >= 11 is 5.88. The molecule has 0 spiro atoms. The van der Waals surface area contributed by atoms with Crippen LogP contribution >= 0.6 is 11.6 Å². The summed E-state index contributed by atoms with van der Waals surface area (Å²) < 4.78 is 29.0. The summed E-state index contributed by atoms with van der Waals surface area (Å²) in [4.78, 5) is 0.157. The SMILES string of the molecule is CC(C)[C@H](NS(=O)(=O)c1cnn(C)c1)c1ccc(Cl)cc1. The van der Waals surface area contributed by atoms with Gasteiger partial charge in [0.1, 0.15) is 4.90 Å². The molecule has 0 unspecified atom stereocenters. The van der Waals surface area contributed by atoms with E-state index in [9.17, 15) is 8.42 Å². The van der Waals surface area contributed by atoms with Crippen LogP contribution in [-0.2, 0) is 17.1 Å². The van der Waals surface area contributed by atoms with E-state index in [0.717, 1.165) is 5.56 Å². The molecule has 0 aliphatic rings. The van der Waals surface area contributed by atoms with Crippen LogP contribution in [0.2, 0.25) is 5.02 Å². The van der Waals surface area contributed by atoms with Gasteiger partial charge in [0, 0.05) is 24.3 Å². The monoisotopic (exact) mass is 327 g/mol. The molecule has 2 rings (SSSR count). The first-order valence-corrected chi connectivity index (χ1v) is 8.42. The van der Waals surface area contributed by atoms with Crippen LogP contribution < -0.4 is 4.72 Å². The van der Waals surface area contributed by atoms with Crippen molar-refractivity contribution in [2.75, 3.05) is 0 Å². The molecule has 1 atom stereocenters. The molecule has 5 nitrogen and oxygen atoms in total. The molecular weight excluding hydrogens is 310 g/mol. The smallest absolute Gasteiger partial charge is 0.244 e. The van der Waals surface area contributed by atoms with E-state index in [0.29, 0.717) is 5.02 Å². The molecule has 21 heavy (non-hydrogen) atoms. The van der Waals surface area contributed by atoms with Crippen molar-refractivity contribution < 1.29 is 8.42 Å². The summed E-state index contributed by atoms with van der Waals surface area (Å²) in [6.45, 7) is 3.93. The van der Waals surface area contributed by atoms with Crippen LogP contribution in [0.15, 0.2) is 41.6 Å². The summed E-state index contributed by atoms with van der Waals surface area (Å²) in [6.07, 6.45) is 2.81. The van der Waals surface area contributed by atoms with Gasteiger partial charge in [0.05, 0.1) is 6.20 Å². The molecule has 1 N–H and O–H groups in total. The topological polar surface area (TPSA) is 64.0 Å². The lowest BCUT2D eigenvalue weighted by atomic mass is 9.97. The number of sulfonamides is 1. The van der Waals surface area contributed by atoms with Crippen LogP contribution in [0.5, 0.6) is 0 Å². The molecule has 1 aromatic heterocycles. The Morgan fingerprint density at radius 1 is 1.24 bits per heavy atom. The molecule has 1 aromatic carbocycles. The van der Waals surface area contributed by atoms with Crippen LogP contribution in [0.1, 0.15) is 25.5 Å². The van der Waals surface area contributed by atoms with Crippen molar-refractivity contribution in [2.45, 2.75) is 24.8 Å². The fourth-order valence-electron chi connectivity index (χ4n) is 2.03. The van der Waals surface area contributed by atoms with Crippen LogP contribution in [-0.4, -0.2) is 18.2 Å². The maximum atomic E-state index is 12.4. The van der Waals surface area contributed by atoms with Crippen LogP contribution in [0, 0.1) is 5.92 Å². The molecule has 0 fully saturated rings. The third kappa shape index (κ3) is 3.84. The minimum atomic E-state index is -3.61. The minimum Gasteiger partial charge on any atom is -0.274 e. The van der Waals surface area contributed by atoms with E-state index in [1.54, 1.807) is 19.2 Å². The zero-order valence-corrected chi connectivity index (χ0v) is 13.7. The Balaban J connectivity index is 2.30. The molecule has 1 heterocycles. The molecule has 2 aromatic rings. The second-order valence-corrected chi connectivity index (χ2v) is 7.39. The van der Waals surface area contributed by atoms with Crippen LogP contribution in [0.4, 0.5) is 0 Å². The highest BCUT2D eigenvalue weighted by Crippen LogP contribution is 2.25. The molecule has 0 saturated heterocycles. The lowest BCUT2D eigenvalue weighted by Gasteiger charge is -2.22. The van der Waals surface area contributed by atoms with Crippen molar-refractivity contribution in [3.05, 3.63) is 47.2 Å². The average molecular weight is 328 g/mol. The molecule has 0 saturated carbocycles. The predicted molar refractivity (Wildman–Crippen MR) is 82.6 cm³/mol. The second-order valence-electron chi connectivity index (χ2n) is 5.24. The van der Waals surface area contributed by atoms with Gasteiger partial charge in [-0.05, 0) is 23.6 Å². The first-order valence-electron chi connectivity index (χ1n) is 6.56. The minimum absolute atomic E-state index is 0.0950. The van der Waals surface area contributed by atoms with Crippen molar-refractivity contribution in [1.82, 2.24) is 14.5 Å². The number of aryl methyl sites for hydroxylation is 1. The van der Waals surface area contributed by atoms with E-state index in [1.165, 1.54) is 17.1 Å². The van der Waals surface area contributed by atoms with Gasteiger partial charge in [-0.2, -0.15) is 5.10 Å². The van der Waals surface area contributed by atoms with Gasteiger partial charge in [0.15, 0.2) is 0 Å². The maximum absolute atomic E-state index is 12.4. The Hall–Kier alpha value is -1.37. The molecule has 0 aliphatic carbocycles. The van der Waals surface area contributed by atoms with E-state index < -0.39 is 10.0 Å². The number of hydrogen-bond donors (Lipinski definition) is 1. The first-order chi connectivity index (χ1) is 9.79. The molecule has 0 aliphatic heterocycles. The highest BCUT2D eigenvalue weighted by molar-refractivity contribution is 7.89. The lowest BCUT2D eigenvalue weighted by molar-refractivity contribution is 0.463. The van der Waals surface area contributed by atoms with Crippen molar-refractivity contribution >= 4 is 21.6 Å². The van der Waals surface area contributed by atoms with Crippen LogP contribution in [0.25, 0.3) is 0 Å². The summed E-state index contributed by atoms with van der Waals surface area (Å²) in [5, 5.41) is 4.52. The molecule has 7 heteroatoms. The Bertz CT molecular complexity index is 708. The Kier molecular flexibility index (Phi) is 4.70. The van der Waals surface area contributed by atoms with E-state index in [4.69, 9.17) is 11.6 Å². The van der Waals surface area contributed by atoms with E-state index >= 15 is 0 Å². The Labute approximate surface area is 130 Å². The summed E-state index contributed by atoms with van der Waals surface area (Å²) in [6, 6.07) is 6.85. The highest BCUT2D eigenvalue weighted by Gasteiger charge is 2.24. The van der Waals surface area contributed by atoms with Crippen LogP contribution in [0.3, 0.4) is 0 Å².